The Labute approximate surface area is 103 Å². The van der Waals surface area contributed by atoms with Gasteiger partial charge in [-0.1, -0.05) is 6.42 Å². The van der Waals surface area contributed by atoms with Crippen LogP contribution in [0.25, 0.3) is 0 Å². The van der Waals surface area contributed by atoms with Gasteiger partial charge in [0.1, 0.15) is 0 Å². The highest BCUT2D eigenvalue weighted by molar-refractivity contribution is 5.29. The Balaban J connectivity index is 1.69. The third-order valence-corrected chi connectivity index (χ3v) is 4.23. The molecule has 0 radical (unpaired) electrons. The van der Waals surface area contributed by atoms with Gasteiger partial charge in [-0.25, -0.2) is 4.98 Å². The number of imidazole rings is 1. The molecule has 1 aromatic heterocycles. The van der Waals surface area contributed by atoms with Crippen LogP contribution in [0.2, 0.25) is 0 Å². The molecule has 2 fully saturated rings. The fourth-order valence-corrected chi connectivity index (χ4v) is 3.29. The summed E-state index contributed by atoms with van der Waals surface area (Å²) in [6, 6.07) is 1.34. The van der Waals surface area contributed by atoms with E-state index in [9.17, 15) is 0 Å². The Morgan fingerprint density at radius 3 is 3.18 bits per heavy atom. The molecule has 1 N–H and O–H groups in total. The fourth-order valence-electron chi connectivity index (χ4n) is 3.29. The van der Waals surface area contributed by atoms with E-state index in [2.05, 4.69) is 32.9 Å². The number of anilines is 1. The molecule has 94 valence electrons. The van der Waals surface area contributed by atoms with Crippen LogP contribution in [0.3, 0.4) is 0 Å². The van der Waals surface area contributed by atoms with Crippen LogP contribution in [-0.4, -0.2) is 39.6 Å². The maximum absolute atomic E-state index is 4.42. The van der Waals surface area contributed by atoms with Crippen molar-refractivity contribution in [3.05, 3.63) is 12.4 Å². The minimum absolute atomic E-state index is 0.600. The molecule has 4 heteroatoms. The van der Waals surface area contributed by atoms with Gasteiger partial charge in [0, 0.05) is 37.6 Å². The third-order valence-electron chi connectivity index (χ3n) is 4.23. The van der Waals surface area contributed by atoms with Crippen molar-refractivity contribution >= 4 is 5.95 Å². The first kappa shape index (κ1) is 11.1. The lowest BCUT2D eigenvalue weighted by molar-refractivity contribution is 0.192. The van der Waals surface area contributed by atoms with Gasteiger partial charge in [-0.15, -0.1) is 0 Å². The molecule has 0 amide bonds. The highest BCUT2D eigenvalue weighted by atomic mass is 15.3. The van der Waals surface area contributed by atoms with Crippen molar-refractivity contribution in [3.63, 3.8) is 0 Å². The van der Waals surface area contributed by atoms with Gasteiger partial charge in [-0.05, 0) is 32.7 Å². The number of piperidine rings is 1. The highest BCUT2D eigenvalue weighted by Gasteiger charge is 2.35. The predicted octanol–water partition coefficient (Wildman–Crippen LogP) is 1.94. The summed E-state index contributed by atoms with van der Waals surface area (Å²) in [7, 11) is 0. The zero-order valence-electron chi connectivity index (χ0n) is 10.6. The van der Waals surface area contributed by atoms with E-state index in [-0.39, 0.29) is 0 Å². The summed E-state index contributed by atoms with van der Waals surface area (Å²) in [6.45, 7) is 5.71. The summed E-state index contributed by atoms with van der Waals surface area (Å²) in [6.07, 6.45) is 9.33. The van der Waals surface area contributed by atoms with E-state index >= 15 is 0 Å². The number of fused-ring (bicyclic) bond motifs is 1. The molecule has 2 atom stereocenters. The van der Waals surface area contributed by atoms with Crippen LogP contribution in [0.15, 0.2) is 12.4 Å². The third kappa shape index (κ3) is 2.06. The van der Waals surface area contributed by atoms with Crippen LogP contribution in [-0.2, 0) is 6.54 Å². The lowest BCUT2D eigenvalue weighted by Gasteiger charge is -2.32. The molecule has 2 aliphatic rings. The van der Waals surface area contributed by atoms with Crippen LogP contribution < -0.4 is 5.32 Å². The van der Waals surface area contributed by atoms with E-state index in [0.717, 1.165) is 18.5 Å². The normalized spacial score (nSPS) is 29.2. The molecule has 4 nitrogen and oxygen atoms in total. The Kier molecular flexibility index (Phi) is 3.05. The summed E-state index contributed by atoms with van der Waals surface area (Å²) >= 11 is 0. The van der Waals surface area contributed by atoms with E-state index in [1.165, 1.54) is 38.8 Å². The fraction of sp³-hybridized carbons (Fsp3) is 0.769. The number of rotatable bonds is 3. The van der Waals surface area contributed by atoms with E-state index in [1.807, 2.05) is 6.20 Å². The molecule has 17 heavy (non-hydrogen) atoms. The second-order valence-electron chi connectivity index (χ2n) is 5.18. The average molecular weight is 234 g/mol. The average Bonchev–Trinajstić information content (AvgIpc) is 2.97. The van der Waals surface area contributed by atoms with E-state index in [4.69, 9.17) is 0 Å². The second kappa shape index (κ2) is 4.69. The molecule has 2 unspecified atom stereocenters. The summed E-state index contributed by atoms with van der Waals surface area (Å²) in [4.78, 5) is 7.07. The Hall–Kier alpha value is -1.03. The molecule has 0 bridgehead atoms. The molecule has 0 spiro atoms. The molecule has 2 saturated heterocycles. The van der Waals surface area contributed by atoms with Crippen LogP contribution in [0, 0.1) is 0 Å². The topological polar surface area (TPSA) is 33.1 Å². The summed E-state index contributed by atoms with van der Waals surface area (Å²) in [5, 5.41) is 3.65. The van der Waals surface area contributed by atoms with E-state index < -0.39 is 0 Å². The van der Waals surface area contributed by atoms with Gasteiger partial charge in [0.25, 0.3) is 0 Å². The SMILES string of the molecule is CCn1ccnc1NC1CCN2CCCCC12. The van der Waals surface area contributed by atoms with Gasteiger partial charge >= 0.3 is 0 Å². The van der Waals surface area contributed by atoms with Crippen LogP contribution in [0.1, 0.15) is 32.6 Å². The van der Waals surface area contributed by atoms with E-state index in [1.54, 1.807) is 0 Å². The van der Waals surface area contributed by atoms with Crippen molar-refractivity contribution in [2.24, 2.45) is 0 Å². The zero-order chi connectivity index (χ0) is 11.7. The van der Waals surface area contributed by atoms with Crippen LogP contribution in [0.4, 0.5) is 5.95 Å². The number of nitrogens with zero attached hydrogens (tertiary/aromatic N) is 3. The number of hydrogen-bond donors (Lipinski definition) is 1. The molecule has 1 aromatic rings. The smallest absolute Gasteiger partial charge is 0.203 e. The Bertz CT molecular complexity index is 373. The molecule has 0 aliphatic carbocycles. The molecule has 3 rings (SSSR count). The number of nitrogens with one attached hydrogen (secondary N) is 1. The standard InChI is InChI=1S/C13H22N4/c1-2-16-10-7-14-13(16)15-11-6-9-17-8-4-3-5-12(11)17/h7,10-12H,2-6,8-9H2,1H3,(H,14,15). The van der Waals surface area contributed by atoms with Gasteiger partial charge in [-0.3, -0.25) is 4.90 Å². The van der Waals surface area contributed by atoms with Crippen molar-refractivity contribution in [2.75, 3.05) is 18.4 Å². The molecule has 3 heterocycles. The van der Waals surface area contributed by atoms with Crippen molar-refractivity contribution in [2.45, 2.75) is 51.2 Å². The lowest BCUT2D eigenvalue weighted by atomic mass is 9.99. The number of aromatic nitrogens is 2. The van der Waals surface area contributed by atoms with Gasteiger partial charge < -0.3 is 9.88 Å². The Morgan fingerprint density at radius 2 is 2.29 bits per heavy atom. The van der Waals surface area contributed by atoms with Crippen LogP contribution >= 0.6 is 0 Å². The summed E-state index contributed by atoms with van der Waals surface area (Å²) in [5.74, 6) is 1.05. The number of aryl methyl sites for hydroxylation is 1. The first-order valence-electron chi connectivity index (χ1n) is 6.90. The van der Waals surface area contributed by atoms with Crippen molar-refractivity contribution < 1.29 is 0 Å². The predicted molar refractivity (Wildman–Crippen MR) is 69.1 cm³/mol. The lowest BCUT2D eigenvalue weighted by Crippen LogP contribution is -2.42. The minimum Gasteiger partial charge on any atom is -0.351 e. The maximum atomic E-state index is 4.42. The van der Waals surface area contributed by atoms with Crippen molar-refractivity contribution in [1.82, 2.24) is 14.5 Å². The summed E-state index contributed by atoms with van der Waals surface area (Å²) < 4.78 is 2.19. The second-order valence-corrected chi connectivity index (χ2v) is 5.18. The molecule has 0 aromatic carbocycles. The molecule has 0 saturated carbocycles. The Morgan fingerprint density at radius 1 is 1.35 bits per heavy atom. The highest BCUT2D eigenvalue weighted by Crippen LogP contribution is 2.28. The maximum Gasteiger partial charge on any atom is 0.203 e. The molecular formula is C13H22N4. The zero-order valence-corrected chi connectivity index (χ0v) is 10.6. The van der Waals surface area contributed by atoms with Gasteiger partial charge in [-0.2, -0.15) is 0 Å². The quantitative estimate of drug-likeness (QED) is 0.867. The van der Waals surface area contributed by atoms with E-state index in [0.29, 0.717) is 6.04 Å². The first-order chi connectivity index (χ1) is 8.38. The van der Waals surface area contributed by atoms with Gasteiger partial charge in [0.05, 0.1) is 0 Å². The molecule has 2 aliphatic heterocycles. The summed E-state index contributed by atoms with van der Waals surface area (Å²) in [5.41, 5.74) is 0. The molecular weight excluding hydrogens is 212 g/mol. The first-order valence-corrected chi connectivity index (χ1v) is 6.90. The van der Waals surface area contributed by atoms with Crippen molar-refractivity contribution in [3.8, 4) is 0 Å². The minimum atomic E-state index is 0.600. The van der Waals surface area contributed by atoms with Gasteiger partial charge in [0.15, 0.2) is 0 Å². The van der Waals surface area contributed by atoms with Crippen molar-refractivity contribution in [1.29, 1.82) is 0 Å². The largest absolute Gasteiger partial charge is 0.351 e. The monoisotopic (exact) mass is 234 g/mol. The van der Waals surface area contributed by atoms with Crippen LogP contribution in [0.5, 0.6) is 0 Å². The van der Waals surface area contributed by atoms with Gasteiger partial charge in [0.2, 0.25) is 5.95 Å². The number of hydrogen-bond acceptors (Lipinski definition) is 3.